The first-order valence-corrected chi connectivity index (χ1v) is 12.2. The van der Waals surface area contributed by atoms with Crippen molar-refractivity contribution in [2.45, 2.75) is 44.4 Å². The van der Waals surface area contributed by atoms with E-state index in [0.717, 1.165) is 60.8 Å². The molecule has 2 aromatic rings. The van der Waals surface area contributed by atoms with Gasteiger partial charge < -0.3 is 10.2 Å². The molecule has 2 aliphatic rings. The summed E-state index contributed by atoms with van der Waals surface area (Å²) in [5.74, 6) is 0.828. The Hall–Kier alpha value is -1.99. The Balaban J connectivity index is 1.27. The smallest absolute Gasteiger partial charge is 0.246 e. The summed E-state index contributed by atoms with van der Waals surface area (Å²) < 4.78 is 0. The van der Waals surface area contributed by atoms with Crippen LogP contribution in [0.3, 0.4) is 0 Å². The van der Waals surface area contributed by atoms with E-state index >= 15 is 0 Å². The topological polar surface area (TPSA) is 62.3 Å². The van der Waals surface area contributed by atoms with E-state index < -0.39 is 0 Å². The molecule has 1 aliphatic carbocycles. The summed E-state index contributed by atoms with van der Waals surface area (Å²) in [5, 5.41) is 8.26. The standard InChI is InChI=1S/C22H27N3O2S2/c26-20(9-8-19-7-3-13-28-19)25-12-2-6-17(14-25)22-24-18(15-29-22)10-11-23-21(27)16-4-1-5-16/h3,7-9,13,15-17H,1-2,4-6,10-12,14H2,(H,23,27)/b9-8+/t17-/m1/s1. The maximum absolute atomic E-state index is 12.6. The summed E-state index contributed by atoms with van der Waals surface area (Å²) in [6, 6.07) is 4.00. The highest BCUT2D eigenvalue weighted by molar-refractivity contribution is 7.10. The summed E-state index contributed by atoms with van der Waals surface area (Å²) in [5.41, 5.74) is 1.04. The zero-order valence-corrected chi connectivity index (χ0v) is 18.1. The SMILES string of the molecule is O=C(NCCc1csc([C@@H]2CCCN(C(=O)/C=C/c3cccs3)C2)n1)C1CCC1. The van der Waals surface area contributed by atoms with Gasteiger partial charge in [0.05, 0.1) is 10.7 Å². The third-order valence-electron chi connectivity index (χ3n) is 5.74. The minimum Gasteiger partial charge on any atom is -0.355 e. The first-order chi connectivity index (χ1) is 14.2. The molecule has 0 bridgehead atoms. The van der Waals surface area contributed by atoms with Crippen molar-refractivity contribution in [2.75, 3.05) is 19.6 Å². The Bertz CT molecular complexity index is 855. The second-order valence-electron chi connectivity index (χ2n) is 7.82. The number of thiazole rings is 1. The van der Waals surface area contributed by atoms with Gasteiger partial charge in [-0.05, 0) is 43.2 Å². The number of hydrogen-bond donors (Lipinski definition) is 1. The molecule has 0 radical (unpaired) electrons. The lowest BCUT2D eigenvalue weighted by molar-refractivity contribution is -0.128. The molecule has 0 aromatic carbocycles. The third-order valence-corrected chi connectivity index (χ3v) is 7.64. The van der Waals surface area contributed by atoms with E-state index in [-0.39, 0.29) is 17.7 Å². The fourth-order valence-electron chi connectivity index (χ4n) is 3.78. The molecule has 29 heavy (non-hydrogen) atoms. The normalized spacial score (nSPS) is 20.0. The van der Waals surface area contributed by atoms with Crippen LogP contribution < -0.4 is 5.32 Å². The first-order valence-electron chi connectivity index (χ1n) is 10.4. The molecule has 1 N–H and O–H groups in total. The number of carbonyl (C=O) groups is 2. The number of thiophene rings is 1. The quantitative estimate of drug-likeness (QED) is 0.675. The van der Waals surface area contributed by atoms with Crippen LogP contribution in [0.5, 0.6) is 0 Å². The van der Waals surface area contributed by atoms with Gasteiger partial charge in [-0.2, -0.15) is 0 Å². The highest BCUT2D eigenvalue weighted by atomic mass is 32.1. The summed E-state index contributed by atoms with van der Waals surface area (Å²) in [7, 11) is 0. The van der Waals surface area contributed by atoms with Crippen LogP contribution in [0.1, 0.15) is 53.6 Å². The van der Waals surface area contributed by atoms with Gasteiger partial charge in [0.2, 0.25) is 11.8 Å². The number of likely N-dealkylation sites (tertiary alicyclic amines) is 1. The minimum atomic E-state index is 0.0820. The van der Waals surface area contributed by atoms with Crippen LogP contribution in [-0.2, 0) is 16.0 Å². The van der Waals surface area contributed by atoms with Gasteiger partial charge in [-0.1, -0.05) is 12.5 Å². The molecule has 1 saturated carbocycles. The molecular weight excluding hydrogens is 402 g/mol. The van der Waals surface area contributed by atoms with Crippen molar-refractivity contribution >= 4 is 40.6 Å². The Labute approximate surface area is 179 Å². The molecule has 1 saturated heterocycles. The van der Waals surface area contributed by atoms with Crippen molar-refractivity contribution in [1.82, 2.24) is 15.2 Å². The van der Waals surface area contributed by atoms with Gasteiger partial charge in [0.1, 0.15) is 0 Å². The molecule has 2 fully saturated rings. The molecule has 0 spiro atoms. The molecule has 2 amide bonds. The molecular formula is C22H27N3O2S2. The Morgan fingerprint density at radius 3 is 2.90 bits per heavy atom. The van der Waals surface area contributed by atoms with Crippen LogP contribution >= 0.6 is 22.7 Å². The fraction of sp³-hybridized carbons (Fsp3) is 0.500. The number of hydrogen-bond acceptors (Lipinski definition) is 5. The van der Waals surface area contributed by atoms with E-state index in [2.05, 4.69) is 10.7 Å². The number of amides is 2. The van der Waals surface area contributed by atoms with Crippen LogP contribution in [0.4, 0.5) is 0 Å². The molecule has 3 heterocycles. The predicted octanol–water partition coefficient (Wildman–Crippen LogP) is 4.08. The Morgan fingerprint density at radius 1 is 1.24 bits per heavy atom. The third kappa shape index (κ3) is 5.34. The number of nitrogens with one attached hydrogen (secondary N) is 1. The van der Waals surface area contributed by atoms with Crippen LogP contribution in [-0.4, -0.2) is 41.3 Å². The average molecular weight is 430 g/mol. The second-order valence-corrected chi connectivity index (χ2v) is 9.69. The number of carbonyl (C=O) groups excluding carboxylic acids is 2. The van der Waals surface area contributed by atoms with Gasteiger partial charge in [-0.15, -0.1) is 22.7 Å². The molecule has 7 heteroatoms. The largest absolute Gasteiger partial charge is 0.355 e. The van der Waals surface area contributed by atoms with Crippen molar-refractivity contribution in [1.29, 1.82) is 0 Å². The molecule has 1 atom stereocenters. The lowest BCUT2D eigenvalue weighted by Gasteiger charge is -2.31. The molecule has 2 aromatic heterocycles. The van der Waals surface area contributed by atoms with Crippen LogP contribution in [0, 0.1) is 5.92 Å². The van der Waals surface area contributed by atoms with Crippen LogP contribution in [0.25, 0.3) is 6.08 Å². The highest BCUT2D eigenvalue weighted by Crippen LogP contribution is 2.30. The molecule has 1 aliphatic heterocycles. The van der Waals surface area contributed by atoms with Gasteiger partial charge in [0.15, 0.2) is 0 Å². The fourth-order valence-corrected chi connectivity index (χ4v) is 5.38. The van der Waals surface area contributed by atoms with Crippen molar-refractivity contribution in [3.05, 3.63) is 44.5 Å². The molecule has 0 unspecified atom stereocenters. The summed E-state index contributed by atoms with van der Waals surface area (Å²) in [4.78, 5) is 32.3. The highest BCUT2D eigenvalue weighted by Gasteiger charge is 2.26. The first kappa shape index (κ1) is 20.3. The van der Waals surface area contributed by atoms with Gasteiger partial charge >= 0.3 is 0 Å². The lowest BCUT2D eigenvalue weighted by atomic mass is 9.85. The molecule has 5 nitrogen and oxygen atoms in total. The number of nitrogens with zero attached hydrogens (tertiary/aromatic N) is 2. The van der Waals surface area contributed by atoms with E-state index in [4.69, 9.17) is 4.98 Å². The maximum atomic E-state index is 12.6. The lowest BCUT2D eigenvalue weighted by Crippen LogP contribution is -2.38. The van der Waals surface area contributed by atoms with E-state index in [1.54, 1.807) is 28.7 Å². The summed E-state index contributed by atoms with van der Waals surface area (Å²) in [6.45, 7) is 2.20. The van der Waals surface area contributed by atoms with Crippen molar-refractivity contribution in [2.24, 2.45) is 5.92 Å². The molecule has 4 rings (SSSR count). The minimum absolute atomic E-state index is 0.0820. The van der Waals surface area contributed by atoms with Gasteiger partial charge in [-0.3, -0.25) is 9.59 Å². The van der Waals surface area contributed by atoms with Gasteiger partial charge in [-0.25, -0.2) is 4.98 Å². The van der Waals surface area contributed by atoms with Crippen molar-refractivity contribution in [3.63, 3.8) is 0 Å². The number of rotatable bonds is 7. The summed E-state index contributed by atoms with van der Waals surface area (Å²) >= 11 is 3.32. The van der Waals surface area contributed by atoms with Crippen LogP contribution in [0.2, 0.25) is 0 Å². The van der Waals surface area contributed by atoms with Crippen molar-refractivity contribution < 1.29 is 9.59 Å². The monoisotopic (exact) mass is 429 g/mol. The van der Waals surface area contributed by atoms with Gasteiger partial charge in [0, 0.05) is 54.2 Å². The zero-order valence-electron chi connectivity index (χ0n) is 16.5. The molecule has 154 valence electrons. The van der Waals surface area contributed by atoms with E-state index in [1.165, 1.54) is 6.42 Å². The van der Waals surface area contributed by atoms with Gasteiger partial charge in [0.25, 0.3) is 0 Å². The Morgan fingerprint density at radius 2 is 2.14 bits per heavy atom. The van der Waals surface area contributed by atoms with E-state index in [9.17, 15) is 9.59 Å². The number of aromatic nitrogens is 1. The maximum Gasteiger partial charge on any atom is 0.246 e. The second kappa shape index (κ2) is 9.67. The average Bonchev–Trinajstić information content (AvgIpc) is 3.37. The van der Waals surface area contributed by atoms with E-state index in [1.807, 2.05) is 28.5 Å². The van der Waals surface area contributed by atoms with Crippen LogP contribution in [0.15, 0.2) is 29.0 Å². The summed E-state index contributed by atoms with van der Waals surface area (Å²) in [6.07, 6.45) is 9.69. The Kier molecular flexibility index (Phi) is 6.77. The number of piperidine rings is 1. The van der Waals surface area contributed by atoms with Crippen molar-refractivity contribution in [3.8, 4) is 0 Å². The van der Waals surface area contributed by atoms with E-state index in [0.29, 0.717) is 12.5 Å². The zero-order chi connectivity index (χ0) is 20.1. The predicted molar refractivity (Wildman–Crippen MR) is 118 cm³/mol.